The molecule has 32 heavy (non-hydrogen) atoms. The molecule has 0 radical (unpaired) electrons. The predicted molar refractivity (Wildman–Crippen MR) is 116 cm³/mol. The molecule has 2 aromatic rings. The first-order valence-electron chi connectivity index (χ1n) is 10.5. The second kappa shape index (κ2) is 9.45. The molecule has 2 heterocycles. The summed E-state index contributed by atoms with van der Waals surface area (Å²) in [5.74, 6) is -0.510. The molecule has 172 valence electrons. The topological polar surface area (TPSA) is 86.4 Å². The number of amides is 3. The molecular weight excluding hydrogens is 443 g/mol. The zero-order valence-electron chi connectivity index (χ0n) is 17.3. The van der Waals surface area contributed by atoms with Gasteiger partial charge in [0.1, 0.15) is 0 Å². The third kappa shape index (κ3) is 5.57. The highest BCUT2D eigenvalue weighted by molar-refractivity contribution is 7.15. The van der Waals surface area contributed by atoms with Gasteiger partial charge in [0.25, 0.3) is 0 Å². The monoisotopic (exact) mass is 467 g/mol. The van der Waals surface area contributed by atoms with Crippen molar-refractivity contribution in [2.75, 3.05) is 23.7 Å². The predicted octanol–water partition coefficient (Wildman–Crippen LogP) is 4.22. The van der Waals surface area contributed by atoms with Crippen molar-refractivity contribution in [2.45, 2.75) is 50.9 Å². The van der Waals surface area contributed by atoms with Gasteiger partial charge < -0.3 is 10.6 Å². The summed E-state index contributed by atoms with van der Waals surface area (Å²) in [4.78, 5) is 31.8. The lowest BCUT2D eigenvalue weighted by Gasteiger charge is -2.25. The van der Waals surface area contributed by atoms with Crippen molar-refractivity contribution in [2.24, 2.45) is 0 Å². The Hall–Kier alpha value is -2.66. The van der Waals surface area contributed by atoms with Crippen LogP contribution < -0.4 is 16.0 Å². The number of halogens is 3. The molecule has 1 fully saturated rings. The SMILES string of the molecule is O=C(CN1CCc2nc(NC(=O)NC3CCCC3)sc2C1)Nc1ccccc1C(F)(F)F. The Morgan fingerprint density at radius 2 is 1.91 bits per heavy atom. The molecule has 4 rings (SSSR count). The van der Waals surface area contributed by atoms with Crippen LogP contribution in [0.15, 0.2) is 24.3 Å². The molecule has 3 amide bonds. The minimum Gasteiger partial charge on any atom is -0.335 e. The number of urea groups is 1. The summed E-state index contributed by atoms with van der Waals surface area (Å²) in [7, 11) is 0. The number of carbonyl (C=O) groups excluding carboxylic acids is 2. The minimum absolute atomic E-state index is 0.0333. The number of hydrogen-bond donors (Lipinski definition) is 3. The number of para-hydroxylation sites is 1. The van der Waals surface area contributed by atoms with Crippen molar-refractivity contribution >= 4 is 34.1 Å². The number of carbonyl (C=O) groups is 2. The molecule has 0 saturated heterocycles. The molecule has 2 aliphatic rings. The number of thiazole rings is 1. The second-order valence-corrected chi connectivity index (χ2v) is 9.10. The van der Waals surface area contributed by atoms with Gasteiger partial charge in [-0.25, -0.2) is 9.78 Å². The van der Waals surface area contributed by atoms with Crippen LogP contribution in [0.2, 0.25) is 0 Å². The van der Waals surface area contributed by atoms with Crippen LogP contribution in [0, 0.1) is 0 Å². The fourth-order valence-corrected chi connectivity index (χ4v) is 5.10. The van der Waals surface area contributed by atoms with Gasteiger partial charge in [-0.3, -0.25) is 15.0 Å². The number of rotatable bonds is 5. The molecule has 0 bridgehead atoms. The summed E-state index contributed by atoms with van der Waals surface area (Å²) in [6.45, 7) is 0.973. The number of nitrogens with zero attached hydrogens (tertiary/aromatic N) is 2. The van der Waals surface area contributed by atoms with Gasteiger partial charge >= 0.3 is 12.2 Å². The van der Waals surface area contributed by atoms with Gasteiger partial charge in [0.15, 0.2) is 5.13 Å². The fraction of sp³-hybridized carbons (Fsp3) is 0.476. The van der Waals surface area contributed by atoms with E-state index >= 15 is 0 Å². The van der Waals surface area contributed by atoms with Crippen LogP contribution in [-0.2, 0) is 23.9 Å². The minimum atomic E-state index is -4.54. The molecule has 7 nitrogen and oxygen atoms in total. The van der Waals surface area contributed by atoms with Gasteiger partial charge in [0, 0.05) is 30.4 Å². The van der Waals surface area contributed by atoms with E-state index < -0.39 is 17.6 Å². The molecule has 0 atom stereocenters. The third-order valence-electron chi connectivity index (χ3n) is 5.59. The largest absolute Gasteiger partial charge is 0.418 e. The normalized spacial score (nSPS) is 17.1. The quantitative estimate of drug-likeness (QED) is 0.615. The summed E-state index contributed by atoms with van der Waals surface area (Å²) in [5, 5.41) is 8.63. The van der Waals surface area contributed by atoms with Crippen molar-refractivity contribution in [3.05, 3.63) is 40.4 Å². The van der Waals surface area contributed by atoms with Gasteiger partial charge in [0.2, 0.25) is 5.91 Å². The Morgan fingerprint density at radius 1 is 1.16 bits per heavy atom. The van der Waals surface area contributed by atoms with Crippen LogP contribution in [0.25, 0.3) is 0 Å². The van der Waals surface area contributed by atoms with Crippen LogP contribution in [0.5, 0.6) is 0 Å². The number of anilines is 2. The number of hydrogen-bond acceptors (Lipinski definition) is 5. The highest BCUT2D eigenvalue weighted by atomic mass is 32.1. The molecule has 3 N–H and O–H groups in total. The Bertz CT molecular complexity index is 988. The third-order valence-corrected chi connectivity index (χ3v) is 6.59. The fourth-order valence-electron chi connectivity index (χ4n) is 4.06. The van der Waals surface area contributed by atoms with Crippen molar-refractivity contribution in [3.8, 4) is 0 Å². The van der Waals surface area contributed by atoms with E-state index in [-0.39, 0.29) is 24.3 Å². The lowest BCUT2D eigenvalue weighted by molar-refractivity contribution is -0.137. The lowest BCUT2D eigenvalue weighted by Crippen LogP contribution is -2.37. The number of benzene rings is 1. The van der Waals surface area contributed by atoms with Gasteiger partial charge in [-0.15, -0.1) is 11.3 Å². The number of fused-ring (bicyclic) bond motifs is 1. The average Bonchev–Trinajstić information content (AvgIpc) is 3.36. The van der Waals surface area contributed by atoms with Crippen LogP contribution in [0.4, 0.5) is 28.8 Å². The molecule has 1 aromatic heterocycles. The first kappa shape index (κ1) is 22.5. The van der Waals surface area contributed by atoms with Crippen LogP contribution >= 0.6 is 11.3 Å². The van der Waals surface area contributed by atoms with Gasteiger partial charge in [-0.05, 0) is 25.0 Å². The van der Waals surface area contributed by atoms with E-state index in [0.29, 0.717) is 24.6 Å². The maximum absolute atomic E-state index is 13.1. The average molecular weight is 468 g/mol. The molecule has 1 aliphatic heterocycles. The molecule has 1 aromatic carbocycles. The maximum Gasteiger partial charge on any atom is 0.418 e. The van der Waals surface area contributed by atoms with Crippen molar-refractivity contribution in [3.63, 3.8) is 0 Å². The van der Waals surface area contributed by atoms with Gasteiger partial charge in [-0.1, -0.05) is 25.0 Å². The van der Waals surface area contributed by atoms with Crippen molar-refractivity contribution < 1.29 is 22.8 Å². The summed E-state index contributed by atoms with van der Waals surface area (Å²) >= 11 is 1.36. The van der Waals surface area contributed by atoms with Crippen molar-refractivity contribution in [1.29, 1.82) is 0 Å². The lowest BCUT2D eigenvalue weighted by atomic mass is 10.1. The van der Waals surface area contributed by atoms with E-state index in [2.05, 4.69) is 20.9 Å². The Morgan fingerprint density at radius 3 is 2.66 bits per heavy atom. The molecule has 1 aliphatic carbocycles. The first-order valence-corrected chi connectivity index (χ1v) is 11.3. The summed E-state index contributed by atoms with van der Waals surface area (Å²) < 4.78 is 39.4. The molecule has 0 unspecified atom stereocenters. The van der Waals surface area contributed by atoms with E-state index in [0.717, 1.165) is 42.3 Å². The zero-order chi connectivity index (χ0) is 22.7. The van der Waals surface area contributed by atoms with Crippen molar-refractivity contribution in [1.82, 2.24) is 15.2 Å². The molecule has 0 spiro atoms. The van der Waals surface area contributed by atoms with Crippen LogP contribution in [0.3, 0.4) is 0 Å². The second-order valence-electron chi connectivity index (χ2n) is 8.02. The van der Waals surface area contributed by atoms with Gasteiger partial charge in [-0.2, -0.15) is 13.2 Å². The smallest absolute Gasteiger partial charge is 0.335 e. The highest BCUT2D eigenvalue weighted by Gasteiger charge is 2.33. The Balaban J connectivity index is 1.32. The van der Waals surface area contributed by atoms with Crippen LogP contribution in [-0.4, -0.2) is 41.0 Å². The van der Waals surface area contributed by atoms with E-state index in [1.165, 1.54) is 29.5 Å². The number of aromatic nitrogens is 1. The van der Waals surface area contributed by atoms with E-state index in [1.54, 1.807) is 0 Å². The number of alkyl halides is 3. The Kier molecular flexibility index (Phi) is 6.66. The standard InChI is InChI=1S/C21H24F3N5O2S/c22-21(23,24)14-7-3-4-8-15(14)26-18(30)12-29-10-9-16-17(11-29)32-20(27-16)28-19(31)25-13-5-1-2-6-13/h3-4,7-8,13H,1-2,5-6,9-12H2,(H,26,30)(H2,25,27,28,31). The Labute approximate surface area is 187 Å². The summed E-state index contributed by atoms with van der Waals surface area (Å²) in [6.07, 6.45) is 0.298. The highest BCUT2D eigenvalue weighted by Crippen LogP contribution is 2.34. The van der Waals surface area contributed by atoms with E-state index in [4.69, 9.17) is 0 Å². The van der Waals surface area contributed by atoms with Crippen LogP contribution in [0.1, 0.15) is 41.8 Å². The van der Waals surface area contributed by atoms with E-state index in [1.807, 2.05) is 4.90 Å². The summed E-state index contributed by atoms with van der Waals surface area (Å²) in [6, 6.07) is 4.87. The summed E-state index contributed by atoms with van der Waals surface area (Å²) in [5.41, 5.74) is -0.242. The van der Waals surface area contributed by atoms with E-state index in [9.17, 15) is 22.8 Å². The van der Waals surface area contributed by atoms with Gasteiger partial charge in [0.05, 0.1) is 23.5 Å². The maximum atomic E-state index is 13.1. The first-order chi connectivity index (χ1) is 15.3. The molecular formula is C21H24F3N5O2S. The molecule has 1 saturated carbocycles. The zero-order valence-corrected chi connectivity index (χ0v) is 18.1. The molecule has 11 heteroatoms. The number of nitrogens with one attached hydrogen (secondary N) is 3.